The summed E-state index contributed by atoms with van der Waals surface area (Å²) in [5.74, 6) is 0.944. The zero-order valence-electron chi connectivity index (χ0n) is 4.22. The fourth-order valence-corrected chi connectivity index (χ4v) is 0.417. The van der Waals surface area contributed by atoms with E-state index in [4.69, 9.17) is 4.42 Å². The molecule has 0 spiro atoms. The van der Waals surface area contributed by atoms with Gasteiger partial charge in [0.05, 0.1) is 6.20 Å². The fourth-order valence-electron chi connectivity index (χ4n) is 0.417. The largest absolute Gasteiger partial charge is 0.449 e. The zero-order chi connectivity index (χ0) is 5.11. The number of aromatic nitrogens is 1. The molecule has 7 heavy (non-hydrogen) atoms. The predicted molar refractivity (Wildman–Crippen MR) is 25.9 cm³/mol. The molecule has 1 rings (SSSR count). The van der Waals surface area contributed by atoms with E-state index in [0.29, 0.717) is 0 Å². The lowest BCUT2D eigenvalue weighted by Gasteiger charge is -1.77. The summed E-state index contributed by atoms with van der Waals surface area (Å²) in [4.78, 5) is 3.73. The number of oxazole rings is 1. The molecule has 0 aromatic carbocycles. The lowest BCUT2D eigenvalue weighted by molar-refractivity contribution is 0.510. The highest BCUT2D eigenvalue weighted by Gasteiger charge is 1.85. The average molecular weight is 97.1 g/mol. The first-order chi connectivity index (χ1) is 3.43. The van der Waals surface area contributed by atoms with Crippen molar-refractivity contribution < 1.29 is 4.42 Å². The van der Waals surface area contributed by atoms with Gasteiger partial charge >= 0.3 is 0 Å². The first-order valence-corrected chi connectivity index (χ1v) is 2.31. The van der Waals surface area contributed by atoms with Crippen LogP contribution in [0.4, 0.5) is 0 Å². The highest BCUT2D eigenvalue weighted by Crippen LogP contribution is 1.94. The first-order valence-electron chi connectivity index (χ1n) is 2.31. The van der Waals surface area contributed by atoms with Crippen LogP contribution in [0.15, 0.2) is 17.0 Å². The van der Waals surface area contributed by atoms with Crippen LogP contribution in [0.3, 0.4) is 0 Å². The number of aryl methyl sites for hydroxylation is 1. The highest BCUT2D eigenvalue weighted by atomic mass is 16.3. The second-order valence-electron chi connectivity index (χ2n) is 1.32. The van der Waals surface area contributed by atoms with Gasteiger partial charge in [0.2, 0.25) is 0 Å². The molecule has 0 aliphatic heterocycles. The van der Waals surface area contributed by atoms with Gasteiger partial charge in [-0.15, -0.1) is 0 Å². The molecular weight excluding hydrogens is 90.1 g/mol. The van der Waals surface area contributed by atoms with E-state index in [1.165, 1.54) is 6.39 Å². The Hall–Kier alpha value is -0.790. The van der Waals surface area contributed by atoms with E-state index in [1.807, 2.05) is 6.92 Å². The minimum absolute atomic E-state index is 0.931. The quantitative estimate of drug-likeness (QED) is 0.527. The van der Waals surface area contributed by atoms with Crippen LogP contribution in [0.25, 0.3) is 0 Å². The topological polar surface area (TPSA) is 26.0 Å². The minimum Gasteiger partial charge on any atom is -0.449 e. The number of hydrogen-bond acceptors (Lipinski definition) is 2. The molecule has 0 N–H and O–H groups in total. The Morgan fingerprint density at radius 3 is 3.00 bits per heavy atom. The molecular formula is C5H7NO. The summed E-state index contributed by atoms with van der Waals surface area (Å²) in [5, 5.41) is 0. The van der Waals surface area contributed by atoms with Gasteiger partial charge in [-0.05, 0) is 0 Å². The molecule has 0 radical (unpaired) electrons. The standard InChI is InChI=1S/C5H7NO/c1-2-5-3-6-4-7-5/h3-4H,2H2,1H3. The molecule has 2 nitrogen and oxygen atoms in total. The summed E-state index contributed by atoms with van der Waals surface area (Å²) < 4.78 is 4.87. The molecule has 38 valence electrons. The Balaban J connectivity index is 2.76. The van der Waals surface area contributed by atoms with Gasteiger partial charge in [-0.25, -0.2) is 4.98 Å². The maximum absolute atomic E-state index is 4.87. The second kappa shape index (κ2) is 1.78. The monoisotopic (exact) mass is 97.1 g/mol. The lowest BCUT2D eigenvalue weighted by atomic mass is 10.4. The summed E-state index contributed by atoms with van der Waals surface area (Å²) in [6, 6.07) is 0. The van der Waals surface area contributed by atoms with Crippen molar-refractivity contribution in [3.63, 3.8) is 0 Å². The molecule has 1 aromatic rings. The van der Waals surface area contributed by atoms with E-state index in [0.717, 1.165) is 12.2 Å². The van der Waals surface area contributed by atoms with Crippen molar-refractivity contribution >= 4 is 0 Å². The van der Waals surface area contributed by atoms with E-state index in [1.54, 1.807) is 6.20 Å². The van der Waals surface area contributed by atoms with Crippen molar-refractivity contribution in [3.8, 4) is 0 Å². The Labute approximate surface area is 42.2 Å². The third-order valence-corrected chi connectivity index (χ3v) is 0.832. The van der Waals surface area contributed by atoms with Gasteiger partial charge in [0.1, 0.15) is 5.76 Å². The van der Waals surface area contributed by atoms with Crippen molar-refractivity contribution in [2.24, 2.45) is 0 Å². The zero-order valence-corrected chi connectivity index (χ0v) is 4.22. The fraction of sp³-hybridized carbons (Fsp3) is 0.400. The average Bonchev–Trinajstić information content (AvgIpc) is 2.14. The predicted octanol–water partition coefficient (Wildman–Crippen LogP) is 1.24. The van der Waals surface area contributed by atoms with Crippen LogP contribution in [-0.2, 0) is 6.42 Å². The van der Waals surface area contributed by atoms with Crippen LogP contribution in [0, 0.1) is 0 Å². The molecule has 0 aliphatic rings. The molecule has 0 saturated carbocycles. The molecule has 0 bridgehead atoms. The molecule has 2 heteroatoms. The number of nitrogens with zero attached hydrogens (tertiary/aromatic N) is 1. The third kappa shape index (κ3) is 0.796. The smallest absolute Gasteiger partial charge is 0.180 e. The number of rotatable bonds is 1. The van der Waals surface area contributed by atoms with Crippen molar-refractivity contribution in [2.45, 2.75) is 13.3 Å². The van der Waals surface area contributed by atoms with Crippen LogP contribution in [0.1, 0.15) is 12.7 Å². The van der Waals surface area contributed by atoms with E-state index in [-0.39, 0.29) is 0 Å². The van der Waals surface area contributed by atoms with Crippen LogP contribution < -0.4 is 0 Å². The van der Waals surface area contributed by atoms with Crippen molar-refractivity contribution in [3.05, 3.63) is 18.4 Å². The summed E-state index contributed by atoms with van der Waals surface area (Å²) >= 11 is 0. The molecule has 0 atom stereocenters. The van der Waals surface area contributed by atoms with Crippen molar-refractivity contribution in [1.82, 2.24) is 4.98 Å². The Morgan fingerprint density at radius 2 is 2.71 bits per heavy atom. The van der Waals surface area contributed by atoms with E-state index >= 15 is 0 Å². The van der Waals surface area contributed by atoms with Gasteiger partial charge < -0.3 is 4.42 Å². The van der Waals surface area contributed by atoms with Crippen LogP contribution in [0.2, 0.25) is 0 Å². The molecule has 1 aromatic heterocycles. The summed E-state index contributed by atoms with van der Waals surface area (Å²) in [7, 11) is 0. The summed E-state index contributed by atoms with van der Waals surface area (Å²) in [6.45, 7) is 2.03. The van der Waals surface area contributed by atoms with Crippen LogP contribution >= 0.6 is 0 Å². The van der Waals surface area contributed by atoms with Gasteiger partial charge in [0.15, 0.2) is 6.39 Å². The van der Waals surface area contributed by atoms with E-state index in [9.17, 15) is 0 Å². The highest BCUT2D eigenvalue weighted by molar-refractivity contribution is 4.85. The first kappa shape index (κ1) is 4.37. The second-order valence-corrected chi connectivity index (χ2v) is 1.32. The van der Waals surface area contributed by atoms with E-state index in [2.05, 4.69) is 4.98 Å². The Kier molecular flexibility index (Phi) is 1.11. The van der Waals surface area contributed by atoms with Gasteiger partial charge in [-0.2, -0.15) is 0 Å². The van der Waals surface area contributed by atoms with Gasteiger partial charge in [-0.1, -0.05) is 6.92 Å². The summed E-state index contributed by atoms with van der Waals surface area (Å²) in [5.41, 5.74) is 0. The van der Waals surface area contributed by atoms with Gasteiger partial charge in [0, 0.05) is 6.42 Å². The normalized spacial score (nSPS) is 9.29. The molecule has 0 unspecified atom stereocenters. The molecule has 0 amide bonds. The van der Waals surface area contributed by atoms with Crippen molar-refractivity contribution in [1.29, 1.82) is 0 Å². The number of hydrogen-bond donors (Lipinski definition) is 0. The Morgan fingerprint density at radius 1 is 1.86 bits per heavy atom. The van der Waals surface area contributed by atoms with Crippen molar-refractivity contribution in [2.75, 3.05) is 0 Å². The van der Waals surface area contributed by atoms with Gasteiger partial charge in [0.25, 0.3) is 0 Å². The van der Waals surface area contributed by atoms with Crippen LogP contribution in [0.5, 0.6) is 0 Å². The maximum atomic E-state index is 4.87. The molecule has 0 saturated heterocycles. The Bertz CT molecular complexity index is 123. The van der Waals surface area contributed by atoms with E-state index < -0.39 is 0 Å². The lowest BCUT2D eigenvalue weighted by Crippen LogP contribution is -1.67. The maximum Gasteiger partial charge on any atom is 0.180 e. The summed E-state index contributed by atoms with van der Waals surface area (Å²) in [6.07, 6.45) is 4.10. The SMILES string of the molecule is CCc1cnco1. The minimum atomic E-state index is 0.931. The molecule has 0 fully saturated rings. The van der Waals surface area contributed by atoms with Gasteiger partial charge in [-0.3, -0.25) is 0 Å². The third-order valence-electron chi connectivity index (χ3n) is 0.832. The van der Waals surface area contributed by atoms with Crippen LogP contribution in [-0.4, -0.2) is 4.98 Å². The molecule has 1 heterocycles. The molecule has 0 aliphatic carbocycles.